The molecule has 4 heteroatoms. The van der Waals surface area contributed by atoms with Gasteiger partial charge in [-0.2, -0.15) is 0 Å². The summed E-state index contributed by atoms with van der Waals surface area (Å²) in [6, 6.07) is 13.0. The Hall–Kier alpha value is -1.94. The summed E-state index contributed by atoms with van der Waals surface area (Å²) in [7, 11) is 1.84. The number of pyridine rings is 1. The smallest absolute Gasteiger partial charge is 0.146 e. The normalized spacial score (nSPS) is 18.2. The second-order valence-corrected chi connectivity index (χ2v) is 5.08. The van der Waals surface area contributed by atoms with Crippen molar-refractivity contribution in [2.24, 2.45) is 0 Å². The Morgan fingerprint density at radius 3 is 2.80 bits per heavy atom. The van der Waals surface area contributed by atoms with Crippen molar-refractivity contribution in [1.29, 1.82) is 0 Å². The van der Waals surface area contributed by atoms with Crippen LogP contribution < -0.4 is 10.2 Å². The molecule has 20 heavy (non-hydrogen) atoms. The average molecular weight is 271 g/mol. The van der Waals surface area contributed by atoms with Crippen LogP contribution in [0.5, 0.6) is 0 Å². The van der Waals surface area contributed by atoms with Gasteiger partial charge in [0.1, 0.15) is 11.6 Å². The molecule has 0 amide bonds. The highest BCUT2D eigenvalue weighted by Gasteiger charge is 2.18. The van der Waals surface area contributed by atoms with Crippen LogP contribution in [0.25, 0.3) is 0 Å². The first kappa shape index (κ1) is 13.1. The number of nitrogens with zero attached hydrogens (tertiary/aromatic N) is 2. The van der Waals surface area contributed by atoms with E-state index in [2.05, 4.69) is 10.3 Å². The van der Waals surface area contributed by atoms with Crippen LogP contribution in [0, 0.1) is 5.82 Å². The first-order valence-electron chi connectivity index (χ1n) is 6.94. The molecule has 3 rings (SSSR count). The second kappa shape index (κ2) is 5.59. The molecule has 1 saturated heterocycles. The molecule has 1 aliphatic heterocycles. The summed E-state index contributed by atoms with van der Waals surface area (Å²) in [6.07, 6.45) is 2.29. The molecule has 1 aliphatic rings. The van der Waals surface area contributed by atoms with Crippen LogP contribution in [0.1, 0.15) is 24.6 Å². The van der Waals surface area contributed by atoms with E-state index >= 15 is 0 Å². The Balaban J connectivity index is 1.90. The van der Waals surface area contributed by atoms with Crippen molar-refractivity contribution >= 4 is 11.5 Å². The molecule has 2 aromatic rings. The van der Waals surface area contributed by atoms with Crippen LogP contribution in [0.15, 0.2) is 42.5 Å². The van der Waals surface area contributed by atoms with Crippen molar-refractivity contribution in [3.8, 4) is 0 Å². The average Bonchev–Trinajstić information content (AvgIpc) is 3.01. The van der Waals surface area contributed by atoms with Gasteiger partial charge in [-0.15, -0.1) is 0 Å². The number of para-hydroxylation sites is 1. The summed E-state index contributed by atoms with van der Waals surface area (Å²) in [5.41, 5.74) is 1.57. The fraction of sp³-hybridized carbons (Fsp3) is 0.312. The number of benzene rings is 1. The first-order chi connectivity index (χ1) is 9.75. The van der Waals surface area contributed by atoms with E-state index in [1.807, 2.05) is 31.3 Å². The van der Waals surface area contributed by atoms with Crippen molar-refractivity contribution in [3.63, 3.8) is 0 Å². The molecule has 1 fully saturated rings. The molecule has 1 aromatic heterocycles. The van der Waals surface area contributed by atoms with Gasteiger partial charge in [0, 0.05) is 13.1 Å². The topological polar surface area (TPSA) is 28.2 Å². The zero-order chi connectivity index (χ0) is 13.9. The lowest BCUT2D eigenvalue weighted by atomic mass is 10.1. The molecule has 0 radical (unpaired) electrons. The third-order valence-corrected chi connectivity index (χ3v) is 3.73. The van der Waals surface area contributed by atoms with Gasteiger partial charge in [0.2, 0.25) is 0 Å². The van der Waals surface area contributed by atoms with Crippen molar-refractivity contribution in [2.75, 3.05) is 18.5 Å². The van der Waals surface area contributed by atoms with E-state index in [9.17, 15) is 4.39 Å². The third-order valence-electron chi connectivity index (χ3n) is 3.73. The summed E-state index contributed by atoms with van der Waals surface area (Å²) < 4.78 is 13.8. The largest absolute Gasteiger partial charge is 0.327 e. The molecule has 0 bridgehead atoms. The van der Waals surface area contributed by atoms with E-state index in [1.54, 1.807) is 17.0 Å². The lowest BCUT2D eigenvalue weighted by Crippen LogP contribution is -2.17. The highest BCUT2D eigenvalue weighted by atomic mass is 19.1. The zero-order valence-electron chi connectivity index (χ0n) is 11.5. The monoisotopic (exact) mass is 271 g/mol. The maximum absolute atomic E-state index is 13.8. The van der Waals surface area contributed by atoms with Gasteiger partial charge in [0.25, 0.3) is 0 Å². The van der Waals surface area contributed by atoms with Crippen LogP contribution in [0.2, 0.25) is 0 Å². The maximum Gasteiger partial charge on any atom is 0.146 e. The van der Waals surface area contributed by atoms with Gasteiger partial charge in [-0.1, -0.05) is 18.2 Å². The van der Waals surface area contributed by atoms with Gasteiger partial charge in [-0.05, 0) is 43.7 Å². The van der Waals surface area contributed by atoms with Crippen LogP contribution in [-0.2, 0) is 0 Å². The number of nitrogens with one attached hydrogen (secondary N) is 1. The molecular formula is C16H18FN3. The minimum absolute atomic E-state index is 0.235. The molecule has 1 aromatic carbocycles. The molecule has 0 saturated carbocycles. The van der Waals surface area contributed by atoms with E-state index in [0.717, 1.165) is 24.5 Å². The Bertz CT molecular complexity index is 594. The summed E-state index contributed by atoms with van der Waals surface area (Å²) >= 11 is 0. The first-order valence-corrected chi connectivity index (χ1v) is 6.94. The van der Waals surface area contributed by atoms with Crippen LogP contribution >= 0.6 is 0 Å². The van der Waals surface area contributed by atoms with Crippen molar-refractivity contribution in [2.45, 2.75) is 18.9 Å². The summed E-state index contributed by atoms with van der Waals surface area (Å²) in [6.45, 7) is 1.04. The van der Waals surface area contributed by atoms with Gasteiger partial charge in [-0.3, -0.25) is 0 Å². The van der Waals surface area contributed by atoms with Crippen LogP contribution in [-0.4, -0.2) is 18.6 Å². The number of halogens is 1. The van der Waals surface area contributed by atoms with Crippen molar-refractivity contribution in [3.05, 3.63) is 54.0 Å². The fourth-order valence-electron chi connectivity index (χ4n) is 2.60. The van der Waals surface area contributed by atoms with Gasteiger partial charge in [-0.25, -0.2) is 9.37 Å². The molecule has 0 unspecified atom stereocenters. The van der Waals surface area contributed by atoms with Crippen molar-refractivity contribution < 1.29 is 4.39 Å². The summed E-state index contributed by atoms with van der Waals surface area (Å²) in [4.78, 5) is 6.45. The zero-order valence-corrected chi connectivity index (χ0v) is 11.5. The highest BCUT2D eigenvalue weighted by molar-refractivity contribution is 5.59. The number of hydrogen-bond acceptors (Lipinski definition) is 3. The molecule has 0 aliphatic carbocycles. The van der Waals surface area contributed by atoms with Gasteiger partial charge in [0.05, 0.1) is 11.4 Å². The minimum Gasteiger partial charge on any atom is -0.327 e. The highest BCUT2D eigenvalue weighted by Crippen LogP contribution is 2.27. The third kappa shape index (κ3) is 2.51. The van der Waals surface area contributed by atoms with Crippen molar-refractivity contribution in [1.82, 2.24) is 10.3 Å². The Labute approximate surface area is 118 Å². The fourth-order valence-corrected chi connectivity index (χ4v) is 2.60. The molecular weight excluding hydrogens is 253 g/mol. The molecule has 3 nitrogen and oxygen atoms in total. The predicted octanol–water partition coefficient (Wildman–Crippen LogP) is 3.41. The second-order valence-electron chi connectivity index (χ2n) is 5.08. The standard InChI is InChI=1S/C16H18FN3/c1-20(15-9-3-2-6-12(15)17)16-10-4-7-14(19-16)13-8-5-11-18-13/h2-4,6-7,9-10,13,18H,5,8,11H2,1H3/t13-/m1/s1. The molecule has 1 N–H and O–H groups in total. The lowest BCUT2D eigenvalue weighted by Gasteiger charge is -2.20. The number of rotatable bonds is 3. The van der Waals surface area contributed by atoms with Crippen LogP contribution in [0.4, 0.5) is 15.9 Å². The predicted molar refractivity (Wildman–Crippen MR) is 78.7 cm³/mol. The minimum atomic E-state index is -0.235. The Morgan fingerprint density at radius 1 is 1.20 bits per heavy atom. The number of aromatic nitrogens is 1. The Morgan fingerprint density at radius 2 is 2.05 bits per heavy atom. The van der Waals surface area contributed by atoms with E-state index in [4.69, 9.17) is 0 Å². The van der Waals surface area contributed by atoms with E-state index in [1.165, 1.54) is 12.5 Å². The van der Waals surface area contributed by atoms with E-state index in [0.29, 0.717) is 11.7 Å². The van der Waals surface area contributed by atoms with Gasteiger partial charge < -0.3 is 10.2 Å². The Kier molecular flexibility index (Phi) is 3.65. The number of hydrogen-bond donors (Lipinski definition) is 1. The lowest BCUT2D eigenvalue weighted by molar-refractivity contribution is 0.622. The van der Waals surface area contributed by atoms with E-state index < -0.39 is 0 Å². The number of anilines is 2. The van der Waals surface area contributed by atoms with Gasteiger partial charge in [0.15, 0.2) is 0 Å². The molecule has 2 heterocycles. The summed E-state index contributed by atoms with van der Waals surface area (Å²) in [5, 5.41) is 3.44. The SMILES string of the molecule is CN(c1cccc([C@H]2CCCN2)n1)c1ccccc1F. The van der Waals surface area contributed by atoms with Crippen LogP contribution in [0.3, 0.4) is 0 Å². The van der Waals surface area contributed by atoms with Gasteiger partial charge >= 0.3 is 0 Å². The van der Waals surface area contributed by atoms with E-state index in [-0.39, 0.29) is 5.82 Å². The molecule has 1 atom stereocenters. The maximum atomic E-state index is 13.8. The molecule has 0 spiro atoms. The quantitative estimate of drug-likeness (QED) is 0.927. The molecule has 104 valence electrons. The summed E-state index contributed by atoms with van der Waals surface area (Å²) in [5.74, 6) is 0.530.